The van der Waals surface area contributed by atoms with Gasteiger partial charge in [0.2, 0.25) is 5.91 Å². The summed E-state index contributed by atoms with van der Waals surface area (Å²) < 4.78 is 1.87. The number of carbonyl (C=O) groups is 1. The molecule has 0 saturated heterocycles. The van der Waals surface area contributed by atoms with Crippen molar-refractivity contribution in [2.75, 3.05) is 12.4 Å². The van der Waals surface area contributed by atoms with E-state index in [1.807, 2.05) is 11.5 Å². The molecule has 28 heavy (non-hydrogen) atoms. The maximum absolute atomic E-state index is 12.3. The van der Waals surface area contributed by atoms with Crippen LogP contribution in [0, 0.1) is 24.2 Å². The fourth-order valence-electron chi connectivity index (χ4n) is 5.86. The van der Waals surface area contributed by atoms with E-state index >= 15 is 0 Å². The lowest BCUT2D eigenvalue weighted by molar-refractivity contribution is -0.134. The zero-order chi connectivity index (χ0) is 19.4. The molecule has 2 heterocycles. The zero-order valence-electron chi connectivity index (χ0n) is 15.9. The Morgan fingerprint density at radius 2 is 2.14 bits per heavy atom. The second-order valence-corrected chi connectivity index (χ2v) is 8.91. The van der Waals surface area contributed by atoms with Crippen molar-refractivity contribution in [3.8, 4) is 0 Å². The molecule has 0 bridgehead atoms. The molecule has 148 valence electrons. The third kappa shape index (κ3) is 1.75. The van der Waals surface area contributed by atoms with E-state index in [2.05, 4.69) is 25.6 Å². The van der Waals surface area contributed by atoms with Gasteiger partial charge in [-0.2, -0.15) is 0 Å². The first-order valence-corrected chi connectivity index (χ1v) is 10.0. The van der Waals surface area contributed by atoms with Crippen molar-refractivity contribution in [2.45, 2.75) is 56.4 Å². The number of imidazole rings is 1. The first kappa shape index (κ1) is 16.7. The number of nitrogens with zero attached hydrogens (tertiary/aromatic N) is 4. The van der Waals surface area contributed by atoms with E-state index in [4.69, 9.17) is 0 Å². The first-order valence-electron chi connectivity index (χ1n) is 10.0. The highest BCUT2D eigenvalue weighted by Gasteiger charge is 2.91. The van der Waals surface area contributed by atoms with Crippen LogP contribution in [-0.2, 0) is 4.79 Å². The SMILES string of the molecule is CNC(=O)C12CC1[C@H]1[C@@H](n3cnc4c(NC5CCC5)nc(C)nc43)[C@@]1(O)[C@@H]2O. The second kappa shape index (κ2) is 5.01. The predicted octanol–water partition coefficient (Wildman–Crippen LogP) is 0.128. The molecule has 1 amide bonds. The summed E-state index contributed by atoms with van der Waals surface area (Å²) in [6, 6.07) is 0.109. The van der Waals surface area contributed by atoms with Gasteiger partial charge in [-0.3, -0.25) is 4.79 Å². The topological polar surface area (TPSA) is 125 Å². The molecule has 4 N–H and O–H groups in total. The molecule has 0 aromatic carbocycles. The average molecular weight is 384 g/mol. The standard InChI is InChI=1S/C19H24N6O3/c1-8-22-14(24-9-4-3-5-9)12-15(23-8)25(7-21-12)13-11-10-6-18(10,17(27)20-2)16(26)19(11,13)28/h7,9-11,13,16,26,28H,3-6H2,1-2H3,(H,20,27)(H,22,23,24)/t10?,11-,13+,16+,18?,19+/m0/s1. The molecular weight excluding hydrogens is 360 g/mol. The summed E-state index contributed by atoms with van der Waals surface area (Å²) in [5.41, 5.74) is -0.777. The molecule has 2 unspecified atom stereocenters. The number of aromatic nitrogens is 4. The number of nitrogens with one attached hydrogen (secondary N) is 2. The van der Waals surface area contributed by atoms with Gasteiger partial charge in [0, 0.05) is 19.0 Å². The van der Waals surface area contributed by atoms with Crippen LogP contribution in [-0.4, -0.2) is 60.4 Å². The normalized spacial score (nSPS) is 40.6. The molecular formula is C19H24N6O3. The summed E-state index contributed by atoms with van der Waals surface area (Å²) in [6.07, 6.45) is 4.71. The van der Waals surface area contributed by atoms with Crippen molar-refractivity contribution < 1.29 is 15.0 Å². The second-order valence-electron chi connectivity index (χ2n) is 8.91. The Bertz CT molecular complexity index is 1020. The molecule has 2 aromatic heterocycles. The van der Waals surface area contributed by atoms with E-state index in [-0.39, 0.29) is 23.8 Å². The van der Waals surface area contributed by atoms with Crippen molar-refractivity contribution >= 4 is 22.9 Å². The Hall–Kier alpha value is -2.26. The summed E-state index contributed by atoms with van der Waals surface area (Å²) in [6.45, 7) is 1.84. The highest BCUT2D eigenvalue weighted by atomic mass is 16.4. The van der Waals surface area contributed by atoms with E-state index in [1.54, 1.807) is 13.4 Å². The summed E-state index contributed by atoms with van der Waals surface area (Å²) in [7, 11) is 1.57. The summed E-state index contributed by atoms with van der Waals surface area (Å²) in [5.74, 6) is 1.03. The van der Waals surface area contributed by atoms with Crippen LogP contribution < -0.4 is 10.6 Å². The van der Waals surface area contributed by atoms with Crippen LogP contribution in [0.25, 0.3) is 11.2 Å². The molecule has 0 spiro atoms. The number of hydrogen-bond acceptors (Lipinski definition) is 7. The van der Waals surface area contributed by atoms with Gasteiger partial charge in [0.05, 0.1) is 23.9 Å². The lowest BCUT2D eigenvalue weighted by atomic mass is 9.93. The highest BCUT2D eigenvalue weighted by molar-refractivity contribution is 5.89. The van der Waals surface area contributed by atoms with Crippen LogP contribution in [0.5, 0.6) is 0 Å². The van der Waals surface area contributed by atoms with Gasteiger partial charge in [-0.25, -0.2) is 15.0 Å². The van der Waals surface area contributed by atoms with Crippen molar-refractivity contribution in [1.29, 1.82) is 0 Å². The van der Waals surface area contributed by atoms with Crippen molar-refractivity contribution in [3.05, 3.63) is 12.2 Å². The van der Waals surface area contributed by atoms with Crippen LogP contribution in [0.2, 0.25) is 0 Å². The van der Waals surface area contributed by atoms with Crippen LogP contribution in [0.15, 0.2) is 6.33 Å². The van der Waals surface area contributed by atoms with E-state index < -0.39 is 17.1 Å². The molecule has 4 fully saturated rings. The molecule has 9 heteroatoms. The Labute approximate surface area is 161 Å². The van der Waals surface area contributed by atoms with Crippen molar-refractivity contribution in [3.63, 3.8) is 0 Å². The Morgan fingerprint density at radius 3 is 2.75 bits per heavy atom. The number of aliphatic hydroxyl groups is 2. The Morgan fingerprint density at radius 1 is 1.36 bits per heavy atom. The lowest BCUT2D eigenvalue weighted by Crippen LogP contribution is -2.45. The highest BCUT2D eigenvalue weighted by Crippen LogP contribution is 2.82. The number of amides is 1. The molecule has 0 aliphatic heterocycles. The fraction of sp³-hybridized carbons (Fsp3) is 0.684. The molecule has 2 aromatic rings. The van der Waals surface area contributed by atoms with Crippen LogP contribution in [0.4, 0.5) is 5.82 Å². The Balaban J connectivity index is 1.37. The number of aliphatic hydroxyl groups excluding tert-OH is 1. The molecule has 4 saturated carbocycles. The van der Waals surface area contributed by atoms with Crippen LogP contribution in [0.3, 0.4) is 0 Å². The van der Waals surface area contributed by atoms with Gasteiger partial charge in [0.25, 0.3) is 0 Å². The Kier molecular flexibility index (Phi) is 2.98. The maximum Gasteiger partial charge on any atom is 0.229 e. The van der Waals surface area contributed by atoms with Crippen molar-refractivity contribution in [2.24, 2.45) is 17.3 Å². The molecule has 0 radical (unpaired) electrons. The molecule has 6 rings (SSSR count). The summed E-state index contributed by atoms with van der Waals surface area (Å²) in [4.78, 5) is 25.9. The molecule has 4 aliphatic rings. The minimum absolute atomic E-state index is 0.00888. The first-order chi connectivity index (χ1) is 13.4. The maximum atomic E-state index is 12.3. The number of anilines is 1. The van der Waals surface area contributed by atoms with Gasteiger partial charge in [-0.05, 0) is 38.5 Å². The third-order valence-corrected chi connectivity index (χ3v) is 7.59. The van der Waals surface area contributed by atoms with Crippen LogP contribution >= 0.6 is 0 Å². The van der Waals surface area contributed by atoms with Gasteiger partial charge in [-0.15, -0.1) is 0 Å². The predicted molar refractivity (Wildman–Crippen MR) is 99.4 cm³/mol. The summed E-state index contributed by atoms with van der Waals surface area (Å²) >= 11 is 0. The summed E-state index contributed by atoms with van der Waals surface area (Å²) in [5, 5.41) is 28.2. The van der Waals surface area contributed by atoms with Gasteiger partial charge in [-0.1, -0.05) is 0 Å². The third-order valence-electron chi connectivity index (χ3n) is 7.59. The average Bonchev–Trinajstić information content (AvgIpc) is 3.45. The zero-order valence-corrected chi connectivity index (χ0v) is 15.9. The number of aryl methyl sites for hydroxylation is 1. The molecule has 4 aliphatic carbocycles. The number of hydrogen-bond donors (Lipinski definition) is 4. The van der Waals surface area contributed by atoms with E-state index in [0.29, 0.717) is 29.5 Å². The van der Waals surface area contributed by atoms with E-state index in [1.165, 1.54) is 6.42 Å². The van der Waals surface area contributed by atoms with Gasteiger partial charge < -0.3 is 25.4 Å². The molecule has 9 nitrogen and oxygen atoms in total. The quantitative estimate of drug-likeness (QED) is 0.590. The smallest absolute Gasteiger partial charge is 0.229 e. The minimum atomic E-state index is -1.30. The van der Waals surface area contributed by atoms with Gasteiger partial charge in [0.1, 0.15) is 16.9 Å². The van der Waals surface area contributed by atoms with Crippen molar-refractivity contribution in [1.82, 2.24) is 24.8 Å². The molecule has 6 atom stereocenters. The van der Waals surface area contributed by atoms with E-state index in [9.17, 15) is 15.0 Å². The monoisotopic (exact) mass is 384 g/mol. The van der Waals surface area contributed by atoms with Crippen LogP contribution in [0.1, 0.15) is 37.5 Å². The van der Waals surface area contributed by atoms with Gasteiger partial charge >= 0.3 is 0 Å². The largest absolute Gasteiger partial charge is 0.389 e. The number of fused-ring (bicyclic) bond motifs is 4. The minimum Gasteiger partial charge on any atom is -0.389 e. The lowest BCUT2D eigenvalue weighted by Gasteiger charge is -2.27. The van der Waals surface area contributed by atoms with E-state index in [0.717, 1.165) is 18.7 Å². The van der Waals surface area contributed by atoms with Gasteiger partial charge in [0.15, 0.2) is 11.5 Å². The number of carbonyl (C=O) groups excluding carboxylic acids is 1. The fourth-order valence-corrected chi connectivity index (χ4v) is 5.86. The number of rotatable bonds is 4.